The molecule has 2 heterocycles. The summed E-state index contributed by atoms with van der Waals surface area (Å²) in [6.07, 6.45) is 1.15. The number of likely N-dealkylation sites (tertiary alicyclic amines) is 1. The molecule has 122 valence electrons. The molecule has 23 heavy (non-hydrogen) atoms. The summed E-state index contributed by atoms with van der Waals surface area (Å²) in [4.78, 5) is 28.6. The van der Waals surface area contributed by atoms with Crippen molar-refractivity contribution in [3.63, 3.8) is 0 Å². The fourth-order valence-corrected chi connectivity index (χ4v) is 3.77. The number of imide groups is 1. The molecule has 1 fully saturated rings. The maximum atomic E-state index is 12.7. The fourth-order valence-electron chi connectivity index (χ4n) is 3.64. The number of benzene rings is 1. The summed E-state index contributed by atoms with van der Waals surface area (Å²) >= 11 is 5.95. The van der Waals surface area contributed by atoms with E-state index in [0.29, 0.717) is 28.1 Å². The first-order valence-corrected chi connectivity index (χ1v) is 8.33. The molecule has 1 aromatic carbocycles. The van der Waals surface area contributed by atoms with E-state index in [1.807, 2.05) is 0 Å². The van der Waals surface area contributed by atoms with Gasteiger partial charge in [-0.3, -0.25) is 14.5 Å². The summed E-state index contributed by atoms with van der Waals surface area (Å²) in [5.74, 6) is 0.567. The summed E-state index contributed by atoms with van der Waals surface area (Å²) in [6, 6.07) is 7.11. The van der Waals surface area contributed by atoms with E-state index in [9.17, 15) is 9.59 Å². The van der Waals surface area contributed by atoms with Crippen LogP contribution in [0.3, 0.4) is 0 Å². The van der Waals surface area contributed by atoms with E-state index in [1.165, 1.54) is 4.90 Å². The van der Waals surface area contributed by atoms with E-state index in [1.54, 1.807) is 31.3 Å². The van der Waals surface area contributed by atoms with Crippen molar-refractivity contribution >= 4 is 29.0 Å². The first-order chi connectivity index (χ1) is 10.9. The van der Waals surface area contributed by atoms with Gasteiger partial charge in [-0.15, -0.1) is 0 Å². The van der Waals surface area contributed by atoms with Crippen LogP contribution in [0.1, 0.15) is 25.8 Å². The van der Waals surface area contributed by atoms with Gasteiger partial charge in [0.1, 0.15) is 5.70 Å². The minimum absolute atomic E-state index is 0.207. The average Bonchev–Trinajstić information content (AvgIpc) is 2.71. The number of carbonyl (C=O) groups is 2. The SMILES string of the molecule is CC1CC(C)CN(C2=C(c3ccc(Cl)cc3)C(=O)N(C)C2=O)C1. The van der Waals surface area contributed by atoms with Crippen molar-refractivity contribution in [2.45, 2.75) is 20.3 Å². The van der Waals surface area contributed by atoms with Crippen LogP contribution in [0.4, 0.5) is 0 Å². The molecular weight excluding hydrogens is 312 g/mol. The molecule has 0 aliphatic carbocycles. The van der Waals surface area contributed by atoms with E-state index < -0.39 is 0 Å². The second-order valence-electron chi connectivity index (χ2n) is 6.75. The zero-order chi connectivity index (χ0) is 16.7. The van der Waals surface area contributed by atoms with Gasteiger partial charge in [0.15, 0.2) is 0 Å². The van der Waals surface area contributed by atoms with E-state index in [0.717, 1.165) is 25.1 Å². The third-order valence-corrected chi connectivity index (χ3v) is 4.83. The number of amides is 2. The Kier molecular flexibility index (Phi) is 4.19. The monoisotopic (exact) mass is 332 g/mol. The van der Waals surface area contributed by atoms with Crippen LogP contribution in [0.15, 0.2) is 30.0 Å². The van der Waals surface area contributed by atoms with Crippen LogP contribution in [0.5, 0.6) is 0 Å². The molecule has 0 radical (unpaired) electrons. The van der Waals surface area contributed by atoms with Crippen molar-refractivity contribution in [1.82, 2.24) is 9.80 Å². The summed E-state index contributed by atoms with van der Waals surface area (Å²) in [7, 11) is 1.55. The van der Waals surface area contributed by atoms with Crippen molar-refractivity contribution in [2.75, 3.05) is 20.1 Å². The standard InChI is InChI=1S/C18H21ClN2O2/c1-11-8-12(2)10-21(9-11)16-15(17(22)20(3)18(16)23)13-4-6-14(19)7-5-13/h4-7,11-12H,8-10H2,1-3H3. The highest BCUT2D eigenvalue weighted by Gasteiger charge is 2.40. The molecule has 3 rings (SSSR count). The number of hydrogen-bond acceptors (Lipinski definition) is 3. The van der Waals surface area contributed by atoms with Crippen LogP contribution in [-0.4, -0.2) is 41.8 Å². The molecule has 2 unspecified atom stereocenters. The van der Waals surface area contributed by atoms with E-state index in [4.69, 9.17) is 11.6 Å². The zero-order valence-electron chi connectivity index (χ0n) is 13.7. The number of hydrogen-bond donors (Lipinski definition) is 0. The summed E-state index contributed by atoms with van der Waals surface area (Å²) in [5, 5.41) is 0.612. The quantitative estimate of drug-likeness (QED) is 0.782. The molecule has 0 N–H and O–H groups in total. The predicted molar refractivity (Wildman–Crippen MR) is 90.7 cm³/mol. The average molecular weight is 333 g/mol. The van der Waals surface area contributed by atoms with Gasteiger partial charge in [-0.05, 0) is 36.0 Å². The highest BCUT2D eigenvalue weighted by Crippen LogP contribution is 2.34. The Labute approximate surface area is 141 Å². The number of halogens is 1. The van der Waals surface area contributed by atoms with E-state index in [2.05, 4.69) is 18.7 Å². The van der Waals surface area contributed by atoms with Crippen molar-refractivity contribution < 1.29 is 9.59 Å². The van der Waals surface area contributed by atoms with Crippen LogP contribution < -0.4 is 0 Å². The highest BCUT2D eigenvalue weighted by atomic mass is 35.5. The smallest absolute Gasteiger partial charge is 0.277 e. The molecule has 0 saturated carbocycles. The maximum absolute atomic E-state index is 12.7. The Bertz CT molecular complexity index is 671. The number of nitrogens with zero attached hydrogens (tertiary/aromatic N) is 2. The Balaban J connectivity index is 2.08. The molecule has 1 aromatic rings. The van der Waals surface area contributed by atoms with Gasteiger partial charge in [-0.25, -0.2) is 0 Å². The molecule has 2 amide bonds. The number of likely N-dealkylation sites (N-methyl/N-ethyl adjacent to an activating group) is 1. The maximum Gasteiger partial charge on any atom is 0.277 e. The first kappa shape index (κ1) is 16.1. The summed E-state index contributed by atoms with van der Waals surface area (Å²) < 4.78 is 0. The highest BCUT2D eigenvalue weighted by molar-refractivity contribution is 6.35. The lowest BCUT2D eigenvalue weighted by Gasteiger charge is -2.37. The lowest BCUT2D eigenvalue weighted by Crippen LogP contribution is -2.41. The molecule has 2 atom stereocenters. The van der Waals surface area contributed by atoms with Gasteiger partial charge >= 0.3 is 0 Å². The molecule has 0 bridgehead atoms. The van der Waals surface area contributed by atoms with Crippen LogP contribution in [0.25, 0.3) is 5.57 Å². The van der Waals surface area contributed by atoms with Crippen molar-refractivity contribution in [3.05, 3.63) is 40.5 Å². The normalized spacial score (nSPS) is 25.6. The molecule has 0 aromatic heterocycles. The third kappa shape index (κ3) is 2.88. The van der Waals surface area contributed by atoms with E-state index >= 15 is 0 Å². The van der Waals surface area contributed by atoms with Crippen molar-refractivity contribution in [3.8, 4) is 0 Å². The molecule has 2 aliphatic heterocycles. The van der Waals surface area contributed by atoms with Gasteiger partial charge in [0.2, 0.25) is 0 Å². The molecule has 1 saturated heterocycles. The third-order valence-electron chi connectivity index (χ3n) is 4.58. The van der Waals surface area contributed by atoms with Crippen LogP contribution in [0, 0.1) is 11.8 Å². The number of carbonyl (C=O) groups excluding carboxylic acids is 2. The molecular formula is C18H21ClN2O2. The fraction of sp³-hybridized carbons (Fsp3) is 0.444. The molecule has 0 spiro atoms. The number of rotatable bonds is 2. The van der Waals surface area contributed by atoms with E-state index in [-0.39, 0.29) is 11.8 Å². The number of piperidine rings is 1. The summed E-state index contributed by atoms with van der Waals surface area (Å²) in [6.45, 7) is 6.00. The predicted octanol–water partition coefficient (Wildman–Crippen LogP) is 3.03. The van der Waals surface area contributed by atoms with Gasteiger partial charge in [-0.1, -0.05) is 37.6 Å². The van der Waals surface area contributed by atoms with Crippen LogP contribution >= 0.6 is 11.6 Å². The first-order valence-electron chi connectivity index (χ1n) is 7.96. The van der Waals surface area contributed by atoms with Gasteiger partial charge < -0.3 is 4.90 Å². The molecule has 5 heteroatoms. The Morgan fingerprint density at radius 3 is 2.13 bits per heavy atom. The molecule has 4 nitrogen and oxygen atoms in total. The van der Waals surface area contributed by atoms with Crippen molar-refractivity contribution in [1.29, 1.82) is 0 Å². The summed E-state index contributed by atoms with van der Waals surface area (Å²) in [5.41, 5.74) is 1.78. The van der Waals surface area contributed by atoms with Crippen LogP contribution in [-0.2, 0) is 9.59 Å². The second kappa shape index (κ2) is 6.00. The van der Waals surface area contributed by atoms with Gasteiger partial charge in [0.25, 0.3) is 11.8 Å². The lowest BCUT2D eigenvalue weighted by molar-refractivity contribution is -0.136. The topological polar surface area (TPSA) is 40.6 Å². The van der Waals surface area contributed by atoms with Crippen LogP contribution in [0.2, 0.25) is 5.02 Å². The molecule has 2 aliphatic rings. The Morgan fingerprint density at radius 2 is 1.57 bits per heavy atom. The largest absolute Gasteiger partial charge is 0.366 e. The van der Waals surface area contributed by atoms with Gasteiger partial charge in [-0.2, -0.15) is 0 Å². The van der Waals surface area contributed by atoms with Crippen molar-refractivity contribution in [2.24, 2.45) is 11.8 Å². The lowest BCUT2D eigenvalue weighted by atomic mass is 9.91. The zero-order valence-corrected chi connectivity index (χ0v) is 14.4. The minimum Gasteiger partial charge on any atom is -0.366 e. The Hall–Kier alpha value is -1.81. The second-order valence-corrected chi connectivity index (χ2v) is 7.19. The Morgan fingerprint density at radius 1 is 1.00 bits per heavy atom. The van der Waals surface area contributed by atoms with Gasteiger partial charge in [0.05, 0.1) is 5.57 Å². The minimum atomic E-state index is -0.238. The van der Waals surface area contributed by atoms with Gasteiger partial charge in [0, 0.05) is 25.2 Å².